The largest absolute Gasteiger partial charge is 0.497 e. The van der Waals surface area contributed by atoms with Crippen LogP contribution in [0.25, 0.3) is 5.57 Å². The molecule has 2 aromatic carbocycles. The Morgan fingerprint density at radius 3 is 2.28 bits per heavy atom. The van der Waals surface area contributed by atoms with Crippen molar-refractivity contribution in [1.82, 2.24) is 10.6 Å². The van der Waals surface area contributed by atoms with Crippen molar-refractivity contribution in [2.24, 2.45) is 0 Å². The first-order valence-corrected chi connectivity index (χ1v) is 11.0. The molecule has 5 nitrogen and oxygen atoms in total. The molecule has 5 heteroatoms. The third-order valence-corrected chi connectivity index (χ3v) is 5.39. The molecule has 166 valence electrons. The minimum atomic E-state index is -0.188. The Morgan fingerprint density at radius 1 is 1.03 bits per heavy atom. The van der Waals surface area contributed by atoms with Crippen LogP contribution < -0.4 is 15.4 Å². The molecule has 0 spiro atoms. The number of carbonyl (C=O) groups is 1. The lowest BCUT2D eigenvalue weighted by Crippen LogP contribution is -2.40. The monoisotopic (exact) mass is 429 g/mol. The van der Waals surface area contributed by atoms with Crippen LogP contribution in [0.1, 0.15) is 51.2 Å². The van der Waals surface area contributed by atoms with Gasteiger partial charge in [-0.1, -0.05) is 68.8 Å². The first-order valence-electron chi connectivity index (χ1n) is 11.0. The fourth-order valence-electron chi connectivity index (χ4n) is 3.90. The van der Waals surface area contributed by atoms with E-state index in [1.807, 2.05) is 61.5 Å². The van der Waals surface area contributed by atoms with Gasteiger partial charge in [0.15, 0.2) is 0 Å². The molecule has 0 aliphatic carbocycles. The Bertz CT molecular complexity index is 1080. The van der Waals surface area contributed by atoms with E-state index in [2.05, 4.69) is 30.6 Å². The van der Waals surface area contributed by atoms with E-state index in [4.69, 9.17) is 10.1 Å². The molecule has 2 aromatic rings. The molecule has 0 radical (unpaired) electrons. The molecule has 1 heterocycles. The molecular formula is C27H31N3O2. The number of hydrogen-bond acceptors (Lipinski definition) is 4. The molecule has 0 unspecified atom stereocenters. The lowest BCUT2D eigenvalue weighted by Gasteiger charge is -2.27. The van der Waals surface area contributed by atoms with Gasteiger partial charge in [-0.05, 0) is 43.0 Å². The number of allylic oxidation sites excluding steroid dienone is 4. The average Bonchev–Trinajstić information content (AvgIpc) is 2.80. The zero-order valence-electron chi connectivity index (χ0n) is 19.2. The fraction of sp³-hybridized carbons (Fsp3) is 0.259. The minimum Gasteiger partial charge on any atom is -0.497 e. The van der Waals surface area contributed by atoms with Gasteiger partial charge in [-0.25, -0.2) is 0 Å². The van der Waals surface area contributed by atoms with Crippen molar-refractivity contribution in [2.45, 2.75) is 40.0 Å². The second-order valence-electron chi connectivity index (χ2n) is 7.69. The molecule has 0 fully saturated rings. The molecule has 3 rings (SSSR count). The number of rotatable bonds is 8. The van der Waals surface area contributed by atoms with E-state index < -0.39 is 0 Å². The highest BCUT2D eigenvalue weighted by Crippen LogP contribution is 2.28. The van der Waals surface area contributed by atoms with Crippen molar-refractivity contribution in [3.05, 3.63) is 94.5 Å². The van der Waals surface area contributed by atoms with Gasteiger partial charge in [0.1, 0.15) is 11.6 Å². The summed E-state index contributed by atoms with van der Waals surface area (Å²) in [6.45, 7) is 6.10. The van der Waals surface area contributed by atoms with Gasteiger partial charge >= 0.3 is 0 Å². The molecule has 32 heavy (non-hydrogen) atoms. The van der Waals surface area contributed by atoms with Crippen LogP contribution >= 0.6 is 0 Å². The summed E-state index contributed by atoms with van der Waals surface area (Å²) in [7, 11) is 1.62. The highest BCUT2D eigenvalue weighted by molar-refractivity contribution is 6.22. The zero-order chi connectivity index (χ0) is 23.1. The fourth-order valence-corrected chi connectivity index (χ4v) is 3.90. The normalized spacial score (nSPS) is 15.8. The Hall–Kier alpha value is -3.60. The first kappa shape index (κ1) is 23.1. The van der Waals surface area contributed by atoms with Crippen molar-refractivity contribution >= 4 is 17.2 Å². The van der Waals surface area contributed by atoms with Gasteiger partial charge in [0, 0.05) is 16.8 Å². The third kappa shape index (κ3) is 4.99. The molecule has 1 aliphatic rings. The van der Waals surface area contributed by atoms with E-state index in [0.717, 1.165) is 53.0 Å². The molecule has 0 saturated carbocycles. The summed E-state index contributed by atoms with van der Waals surface area (Å²) in [5.74, 6) is 1.11. The van der Waals surface area contributed by atoms with Crippen LogP contribution in [0.4, 0.5) is 0 Å². The molecule has 0 aromatic heterocycles. The van der Waals surface area contributed by atoms with E-state index in [1.165, 1.54) is 0 Å². The van der Waals surface area contributed by atoms with E-state index in [1.54, 1.807) is 7.11 Å². The Labute approximate surface area is 190 Å². The number of nitrogens with one attached hydrogen (secondary N) is 3. The number of benzene rings is 2. The topological polar surface area (TPSA) is 74.2 Å². The number of methoxy groups -OCH3 is 1. The van der Waals surface area contributed by atoms with Crippen molar-refractivity contribution in [3.8, 4) is 5.75 Å². The summed E-state index contributed by atoms with van der Waals surface area (Å²) < 4.78 is 5.23. The maximum absolute atomic E-state index is 13.2. The van der Waals surface area contributed by atoms with Crippen LogP contribution in [0.5, 0.6) is 5.75 Å². The predicted octanol–water partition coefficient (Wildman–Crippen LogP) is 5.56. The van der Waals surface area contributed by atoms with Crippen LogP contribution in [0, 0.1) is 5.41 Å². The van der Waals surface area contributed by atoms with Crippen LogP contribution in [0.2, 0.25) is 0 Å². The Morgan fingerprint density at radius 2 is 1.72 bits per heavy atom. The van der Waals surface area contributed by atoms with Crippen molar-refractivity contribution in [1.29, 1.82) is 5.41 Å². The van der Waals surface area contributed by atoms with Crippen LogP contribution in [0.15, 0.2) is 83.3 Å². The molecule has 1 amide bonds. The Kier molecular flexibility index (Phi) is 7.66. The van der Waals surface area contributed by atoms with Crippen LogP contribution in [-0.2, 0) is 4.79 Å². The van der Waals surface area contributed by atoms with Crippen molar-refractivity contribution < 1.29 is 9.53 Å². The second kappa shape index (κ2) is 10.6. The smallest absolute Gasteiger partial charge is 0.259 e. The van der Waals surface area contributed by atoms with E-state index >= 15 is 0 Å². The third-order valence-electron chi connectivity index (χ3n) is 5.39. The maximum Gasteiger partial charge on any atom is 0.259 e. The standard InChI is InChI=1S/C27H31N3O2/c1-5-10-19(11-6-2)24(25(28)21-12-8-7-9-13-21)26-29-18(3)23(27(31)30-26)20-14-16-22(32-4)17-15-20/h7-10,12-17,28-29H,5-6,11H2,1-4H3,(H,30,31)/b19-10+,26-24-,28-25?. The van der Waals surface area contributed by atoms with Crippen molar-refractivity contribution in [3.63, 3.8) is 0 Å². The minimum absolute atomic E-state index is 0.188. The van der Waals surface area contributed by atoms with E-state index in [0.29, 0.717) is 17.1 Å². The lowest BCUT2D eigenvalue weighted by atomic mass is 9.91. The summed E-state index contributed by atoms with van der Waals surface area (Å²) in [6.07, 6.45) is 4.78. The summed E-state index contributed by atoms with van der Waals surface area (Å²) in [5.41, 5.74) is 5.14. The summed E-state index contributed by atoms with van der Waals surface area (Å²) >= 11 is 0. The van der Waals surface area contributed by atoms with Gasteiger partial charge in [-0.15, -0.1) is 0 Å². The second-order valence-corrected chi connectivity index (χ2v) is 7.69. The van der Waals surface area contributed by atoms with Crippen molar-refractivity contribution in [2.75, 3.05) is 7.11 Å². The highest BCUT2D eigenvalue weighted by Gasteiger charge is 2.27. The molecule has 0 atom stereocenters. The van der Waals surface area contributed by atoms with Gasteiger partial charge in [0.2, 0.25) is 0 Å². The van der Waals surface area contributed by atoms with E-state index in [9.17, 15) is 4.79 Å². The van der Waals surface area contributed by atoms with Gasteiger partial charge < -0.3 is 15.4 Å². The number of carbonyl (C=O) groups excluding carboxylic acids is 1. The molecule has 3 N–H and O–H groups in total. The van der Waals surface area contributed by atoms with Gasteiger partial charge in [-0.2, -0.15) is 0 Å². The van der Waals surface area contributed by atoms with Gasteiger partial charge in [0.05, 0.1) is 18.4 Å². The highest BCUT2D eigenvalue weighted by atomic mass is 16.5. The summed E-state index contributed by atoms with van der Waals surface area (Å²) in [6, 6.07) is 17.1. The first-order chi connectivity index (χ1) is 15.5. The maximum atomic E-state index is 13.2. The molecule has 1 aliphatic heterocycles. The number of ether oxygens (including phenoxy) is 1. The number of hydrogen-bond donors (Lipinski definition) is 3. The van der Waals surface area contributed by atoms with Gasteiger partial charge in [-0.3, -0.25) is 10.2 Å². The van der Waals surface area contributed by atoms with Gasteiger partial charge in [0.25, 0.3) is 5.91 Å². The quantitative estimate of drug-likeness (QED) is 0.481. The molecule has 0 bridgehead atoms. The lowest BCUT2D eigenvalue weighted by molar-refractivity contribution is -0.115. The SMILES string of the molecule is CC/C=C(CCC)/C(C(=N)c1ccccc1)=C1/NC(=O)C(c2ccc(OC)cc2)=C(C)N1. The molecular weight excluding hydrogens is 398 g/mol. The summed E-state index contributed by atoms with van der Waals surface area (Å²) in [5, 5.41) is 15.4. The predicted molar refractivity (Wildman–Crippen MR) is 130 cm³/mol. The zero-order valence-corrected chi connectivity index (χ0v) is 19.2. The van der Waals surface area contributed by atoms with Crippen LogP contribution in [0.3, 0.4) is 0 Å². The average molecular weight is 430 g/mol. The number of amides is 1. The molecule has 0 saturated heterocycles. The van der Waals surface area contributed by atoms with E-state index in [-0.39, 0.29) is 5.91 Å². The van der Waals surface area contributed by atoms with Crippen LogP contribution in [-0.4, -0.2) is 18.7 Å². The Balaban J connectivity index is 2.10. The summed E-state index contributed by atoms with van der Waals surface area (Å²) in [4.78, 5) is 13.2.